The highest BCUT2D eigenvalue weighted by Crippen LogP contribution is 2.17. The second-order valence-electron chi connectivity index (χ2n) is 4.31. The topological polar surface area (TPSA) is 18.5 Å². The van der Waals surface area contributed by atoms with Crippen molar-refractivity contribution < 1.29 is 9.16 Å². The molecule has 0 N–H and O–H groups in total. The average Bonchev–Trinajstić information content (AvgIpc) is 2.43. The Morgan fingerprint density at radius 1 is 1.44 bits per heavy atom. The largest absolute Gasteiger partial charge is 0.413 e. The van der Waals surface area contributed by atoms with Gasteiger partial charge in [-0.3, -0.25) is 0 Å². The molecule has 0 amide bonds. The van der Waals surface area contributed by atoms with Crippen molar-refractivity contribution in [1.82, 2.24) is 0 Å². The number of hydrogen-bond acceptors (Lipinski definition) is 2. The van der Waals surface area contributed by atoms with E-state index in [9.17, 15) is 0 Å². The molecule has 1 aromatic rings. The van der Waals surface area contributed by atoms with E-state index in [0.717, 1.165) is 12.0 Å². The van der Waals surface area contributed by atoms with Gasteiger partial charge in [-0.15, -0.1) is 0 Å². The minimum Gasteiger partial charge on any atom is -0.413 e. The molecular formula is C15H22O2Si. The third-order valence-corrected chi connectivity index (χ3v) is 4.53. The van der Waals surface area contributed by atoms with Crippen LogP contribution in [0.1, 0.15) is 31.4 Å². The van der Waals surface area contributed by atoms with Crippen LogP contribution < -0.4 is 0 Å². The van der Waals surface area contributed by atoms with Crippen LogP contribution in [-0.2, 0) is 15.8 Å². The van der Waals surface area contributed by atoms with Crippen molar-refractivity contribution in [2.75, 3.05) is 7.11 Å². The van der Waals surface area contributed by atoms with Gasteiger partial charge in [0.15, 0.2) is 0 Å². The maximum absolute atomic E-state index is 5.81. The molecule has 0 aliphatic heterocycles. The van der Waals surface area contributed by atoms with Crippen molar-refractivity contribution in [3.05, 3.63) is 42.0 Å². The molecule has 0 saturated heterocycles. The lowest BCUT2D eigenvalue weighted by Crippen LogP contribution is -2.21. The minimum absolute atomic E-state index is 0.257. The van der Waals surface area contributed by atoms with Crippen LogP contribution in [0.5, 0.6) is 0 Å². The molecule has 2 nitrogen and oxygen atoms in total. The summed E-state index contributed by atoms with van der Waals surface area (Å²) in [6.07, 6.45) is 3.20. The van der Waals surface area contributed by atoms with Gasteiger partial charge in [-0.25, -0.2) is 0 Å². The smallest absolute Gasteiger partial charge is 0.236 e. The summed E-state index contributed by atoms with van der Waals surface area (Å²) in [5.41, 5.74) is 2.81. The molecule has 2 atom stereocenters. The van der Waals surface area contributed by atoms with E-state index in [1.165, 1.54) is 5.56 Å². The first-order chi connectivity index (χ1) is 8.71. The van der Waals surface area contributed by atoms with Gasteiger partial charge in [0, 0.05) is 12.7 Å². The van der Waals surface area contributed by atoms with Crippen molar-refractivity contribution in [1.29, 1.82) is 0 Å². The number of methoxy groups -OCH3 is 1. The zero-order chi connectivity index (χ0) is 13.4. The van der Waals surface area contributed by atoms with Crippen molar-refractivity contribution in [2.24, 2.45) is 0 Å². The summed E-state index contributed by atoms with van der Waals surface area (Å²) >= 11 is 0. The maximum atomic E-state index is 5.81. The molecule has 0 aliphatic rings. The lowest BCUT2D eigenvalue weighted by Gasteiger charge is -2.19. The molecule has 98 valence electrons. The summed E-state index contributed by atoms with van der Waals surface area (Å²) in [6, 6.07) is 8.27. The monoisotopic (exact) mass is 262 g/mol. The van der Waals surface area contributed by atoms with Gasteiger partial charge in [-0.05, 0) is 24.1 Å². The fraction of sp³-hybridized carbons (Fsp3) is 0.467. The lowest BCUT2D eigenvalue weighted by atomic mass is 10.1. The average molecular weight is 262 g/mol. The van der Waals surface area contributed by atoms with Crippen LogP contribution in [0.25, 0.3) is 6.08 Å². The van der Waals surface area contributed by atoms with Crippen LogP contribution in [0.4, 0.5) is 0 Å². The molecule has 0 fully saturated rings. The van der Waals surface area contributed by atoms with Crippen LogP contribution in [0.15, 0.2) is 30.8 Å². The molecular weight excluding hydrogens is 240 g/mol. The van der Waals surface area contributed by atoms with Crippen LogP contribution in [-0.4, -0.2) is 23.0 Å². The summed E-state index contributed by atoms with van der Waals surface area (Å²) in [6.45, 7) is 8.71. The summed E-state index contributed by atoms with van der Waals surface area (Å²) in [4.78, 5) is 0. The van der Waals surface area contributed by atoms with Crippen LogP contribution >= 0.6 is 0 Å². The molecule has 18 heavy (non-hydrogen) atoms. The Hall–Kier alpha value is -0.903. The Morgan fingerprint density at radius 2 is 2.22 bits per heavy atom. The first-order valence-corrected chi connectivity index (χ1v) is 7.31. The van der Waals surface area contributed by atoms with Crippen molar-refractivity contribution in [3.63, 3.8) is 0 Å². The number of benzene rings is 1. The minimum atomic E-state index is 0.257. The maximum Gasteiger partial charge on any atom is 0.236 e. The van der Waals surface area contributed by atoms with Crippen molar-refractivity contribution in [3.8, 4) is 0 Å². The molecule has 0 heterocycles. The van der Waals surface area contributed by atoms with E-state index < -0.39 is 0 Å². The van der Waals surface area contributed by atoms with Gasteiger partial charge in [0.1, 0.15) is 0 Å². The Labute approximate surface area is 113 Å². The Kier molecular flexibility index (Phi) is 6.94. The summed E-state index contributed by atoms with van der Waals surface area (Å²) in [5, 5.41) is 0. The first kappa shape index (κ1) is 15.2. The number of rotatable bonds is 8. The molecule has 2 unspecified atom stereocenters. The number of hydrogen-bond donors (Lipinski definition) is 0. The molecule has 0 spiro atoms. The van der Waals surface area contributed by atoms with E-state index >= 15 is 0 Å². The molecule has 3 heteroatoms. The Bertz CT molecular complexity index is 365. The molecule has 0 aromatic heterocycles. The van der Waals surface area contributed by atoms with Gasteiger partial charge in [0.2, 0.25) is 9.76 Å². The van der Waals surface area contributed by atoms with E-state index in [-0.39, 0.29) is 6.10 Å². The van der Waals surface area contributed by atoms with Crippen molar-refractivity contribution in [2.45, 2.75) is 38.5 Å². The zero-order valence-electron chi connectivity index (χ0n) is 11.5. The predicted molar refractivity (Wildman–Crippen MR) is 77.6 cm³/mol. The third kappa shape index (κ3) is 4.76. The van der Waals surface area contributed by atoms with Gasteiger partial charge < -0.3 is 9.16 Å². The molecule has 0 aliphatic carbocycles. The van der Waals surface area contributed by atoms with Crippen LogP contribution in [0, 0.1) is 0 Å². The summed E-state index contributed by atoms with van der Waals surface area (Å²) < 4.78 is 11.2. The van der Waals surface area contributed by atoms with E-state index in [4.69, 9.17) is 9.16 Å². The molecule has 1 rings (SSSR count). The zero-order valence-corrected chi connectivity index (χ0v) is 12.5. The normalized spacial score (nSPS) is 14.2. The molecule has 0 bridgehead atoms. The second-order valence-corrected chi connectivity index (χ2v) is 5.58. The Balaban J connectivity index is 2.42. The number of ether oxygens (including phenoxy) is 1. The highest BCUT2D eigenvalue weighted by Gasteiger charge is 2.16. The van der Waals surface area contributed by atoms with Crippen LogP contribution in [0.3, 0.4) is 0 Å². The van der Waals surface area contributed by atoms with Gasteiger partial charge in [-0.2, -0.15) is 0 Å². The lowest BCUT2D eigenvalue weighted by molar-refractivity contribution is 0.105. The van der Waals surface area contributed by atoms with E-state index in [2.05, 4.69) is 32.6 Å². The van der Waals surface area contributed by atoms with Gasteiger partial charge in [0.05, 0.1) is 12.7 Å². The van der Waals surface area contributed by atoms with Gasteiger partial charge in [0.25, 0.3) is 0 Å². The molecule has 0 saturated carbocycles. The molecule has 2 radical (unpaired) electrons. The predicted octanol–water partition coefficient (Wildman–Crippen LogP) is 3.70. The fourth-order valence-electron chi connectivity index (χ4n) is 1.72. The van der Waals surface area contributed by atoms with E-state index in [1.807, 2.05) is 18.2 Å². The van der Waals surface area contributed by atoms with Crippen molar-refractivity contribution >= 4 is 15.8 Å². The summed E-state index contributed by atoms with van der Waals surface area (Å²) in [5.74, 6) is 0. The summed E-state index contributed by atoms with van der Waals surface area (Å²) in [7, 11) is 2.24. The van der Waals surface area contributed by atoms with Crippen LogP contribution in [0.2, 0.25) is 5.54 Å². The third-order valence-electron chi connectivity index (χ3n) is 3.04. The highest BCUT2D eigenvalue weighted by atomic mass is 28.2. The van der Waals surface area contributed by atoms with E-state index in [1.54, 1.807) is 7.11 Å². The van der Waals surface area contributed by atoms with E-state index in [0.29, 0.717) is 21.9 Å². The standard InChI is InChI=1S/C15H22O2Si/c1-5-13-8-7-9-14(10-13)11-17-18-15(6-2)12(3)16-4/h5,7-10,12,15H,1,6,11H2,2-4H3. The Morgan fingerprint density at radius 3 is 2.83 bits per heavy atom. The quantitative estimate of drug-likeness (QED) is 0.665. The fourth-order valence-corrected chi connectivity index (χ4v) is 2.68. The first-order valence-electron chi connectivity index (χ1n) is 6.32. The van der Waals surface area contributed by atoms with Gasteiger partial charge in [-0.1, -0.05) is 44.2 Å². The second kappa shape index (κ2) is 8.24. The van der Waals surface area contributed by atoms with Gasteiger partial charge >= 0.3 is 0 Å². The molecule has 1 aromatic carbocycles. The SMILES string of the molecule is C=Cc1cccc(CO[Si]C(CC)C(C)OC)c1. The highest BCUT2D eigenvalue weighted by molar-refractivity contribution is 6.29.